The first-order valence-electron chi connectivity index (χ1n) is 5.55. The second-order valence-electron chi connectivity index (χ2n) is 3.93. The lowest BCUT2D eigenvalue weighted by Crippen LogP contribution is -2.04. The quantitative estimate of drug-likeness (QED) is 0.781. The topological polar surface area (TPSA) is 9.23 Å². The van der Waals surface area contributed by atoms with Crippen LogP contribution in [-0.4, -0.2) is 0 Å². The van der Waals surface area contributed by atoms with E-state index in [1.165, 1.54) is 12.1 Å². The van der Waals surface area contributed by atoms with Crippen LogP contribution in [0.4, 0.5) is 13.2 Å². The third-order valence-corrected chi connectivity index (χ3v) is 2.52. The molecule has 0 unspecified atom stereocenters. The molecule has 1 aliphatic carbocycles. The van der Waals surface area contributed by atoms with Crippen molar-refractivity contribution in [3.63, 3.8) is 0 Å². The Morgan fingerprint density at radius 2 is 1.83 bits per heavy atom. The van der Waals surface area contributed by atoms with Crippen molar-refractivity contribution in [3.05, 3.63) is 65.8 Å². The van der Waals surface area contributed by atoms with Crippen LogP contribution in [0.25, 0.3) is 0 Å². The van der Waals surface area contributed by atoms with Crippen LogP contribution in [0, 0.1) is 6.42 Å². The molecule has 1 radical (unpaired) electrons. The summed E-state index contributed by atoms with van der Waals surface area (Å²) in [5, 5.41) is 0. The van der Waals surface area contributed by atoms with Crippen LogP contribution in [0.3, 0.4) is 0 Å². The molecule has 2 rings (SSSR count). The highest BCUT2D eigenvalue weighted by Gasteiger charge is 2.29. The average molecular weight is 253 g/mol. The summed E-state index contributed by atoms with van der Waals surface area (Å²) in [6, 6.07) is 4.99. The fourth-order valence-electron chi connectivity index (χ4n) is 1.56. The Hall–Kier alpha value is -1.71. The number of hydrogen-bond acceptors (Lipinski definition) is 1. The van der Waals surface area contributed by atoms with Crippen LogP contribution in [0.2, 0.25) is 0 Å². The van der Waals surface area contributed by atoms with Gasteiger partial charge in [0.15, 0.2) is 0 Å². The molecule has 1 nitrogen and oxygen atoms in total. The molecule has 0 spiro atoms. The van der Waals surface area contributed by atoms with Gasteiger partial charge in [-0.15, -0.1) is 0 Å². The third kappa shape index (κ3) is 3.39. The summed E-state index contributed by atoms with van der Waals surface area (Å²) < 4.78 is 42.5. The van der Waals surface area contributed by atoms with Crippen molar-refractivity contribution in [2.24, 2.45) is 0 Å². The number of allylic oxidation sites excluding steroid dienone is 3. The number of halogens is 3. The zero-order valence-electron chi connectivity index (χ0n) is 9.58. The van der Waals surface area contributed by atoms with Gasteiger partial charge in [-0.05, 0) is 42.7 Å². The van der Waals surface area contributed by atoms with Crippen molar-refractivity contribution >= 4 is 0 Å². The molecule has 1 aromatic rings. The standard InChI is InChI=1S/C14H12F3O/c15-14(16,17)12-8-6-11(7-9-12)10-18-13-4-2-1-3-5-13/h2-9H,1,10H2. The molecular weight excluding hydrogens is 241 g/mol. The molecule has 0 amide bonds. The Morgan fingerprint density at radius 1 is 1.11 bits per heavy atom. The van der Waals surface area contributed by atoms with Gasteiger partial charge in [0.25, 0.3) is 0 Å². The molecule has 1 aromatic carbocycles. The van der Waals surface area contributed by atoms with Crippen LogP contribution in [-0.2, 0) is 17.5 Å². The Balaban J connectivity index is 1.94. The van der Waals surface area contributed by atoms with Crippen molar-refractivity contribution in [1.29, 1.82) is 0 Å². The van der Waals surface area contributed by atoms with Crippen molar-refractivity contribution < 1.29 is 17.9 Å². The van der Waals surface area contributed by atoms with Crippen LogP contribution in [0.15, 0.2) is 48.3 Å². The minimum atomic E-state index is -4.29. The lowest BCUT2D eigenvalue weighted by Gasteiger charge is -2.11. The van der Waals surface area contributed by atoms with Gasteiger partial charge in [-0.2, -0.15) is 13.2 Å². The molecule has 0 aromatic heterocycles. The Kier molecular flexibility index (Phi) is 3.75. The van der Waals surface area contributed by atoms with Gasteiger partial charge < -0.3 is 4.74 Å². The maximum atomic E-state index is 12.3. The molecular formula is C14H12F3O. The second kappa shape index (κ2) is 5.29. The van der Waals surface area contributed by atoms with E-state index in [0.717, 1.165) is 24.3 Å². The molecule has 0 atom stereocenters. The Morgan fingerprint density at radius 3 is 2.39 bits per heavy atom. The molecule has 0 heterocycles. The third-order valence-electron chi connectivity index (χ3n) is 2.52. The smallest absolute Gasteiger partial charge is 0.416 e. The van der Waals surface area contributed by atoms with Gasteiger partial charge in [0.05, 0.1) is 5.56 Å². The highest BCUT2D eigenvalue weighted by molar-refractivity contribution is 5.25. The monoisotopic (exact) mass is 253 g/mol. The van der Waals surface area contributed by atoms with Crippen LogP contribution in [0.5, 0.6) is 0 Å². The maximum Gasteiger partial charge on any atom is 0.416 e. The predicted molar refractivity (Wildman–Crippen MR) is 62.4 cm³/mol. The number of hydrogen-bond donors (Lipinski definition) is 0. The van der Waals surface area contributed by atoms with Crippen LogP contribution < -0.4 is 0 Å². The first kappa shape index (κ1) is 12.7. The van der Waals surface area contributed by atoms with Gasteiger partial charge in [-0.3, -0.25) is 0 Å². The molecule has 4 heteroatoms. The predicted octanol–water partition coefficient (Wildman–Crippen LogP) is 4.27. The molecule has 0 saturated heterocycles. The van der Waals surface area contributed by atoms with E-state index >= 15 is 0 Å². The zero-order chi connectivity index (χ0) is 13.0. The minimum Gasteiger partial charge on any atom is -0.489 e. The minimum absolute atomic E-state index is 0.266. The van der Waals surface area contributed by atoms with E-state index in [2.05, 4.69) is 0 Å². The van der Waals surface area contributed by atoms with E-state index < -0.39 is 11.7 Å². The van der Waals surface area contributed by atoms with E-state index in [1.54, 1.807) is 0 Å². The summed E-state index contributed by atoms with van der Waals surface area (Å²) >= 11 is 0. The first-order valence-corrected chi connectivity index (χ1v) is 5.55. The molecule has 0 aliphatic heterocycles. The Bertz CT molecular complexity index is 455. The van der Waals surface area contributed by atoms with E-state index in [1.807, 2.05) is 24.6 Å². The van der Waals surface area contributed by atoms with Gasteiger partial charge in [-0.1, -0.05) is 18.2 Å². The number of benzene rings is 1. The molecule has 0 bridgehead atoms. The molecule has 18 heavy (non-hydrogen) atoms. The van der Waals surface area contributed by atoms with Crippen LogP contribution >= 0.6 is 0 Å². The van der Waals surface area contributed by atoms with E-state index in [9.17, 15) is 13.2 Å². The summed E-state index contributed by atoms with van der Waals surface area (Å²) in [7, 11) is 0. The largest absolute Gasteiger partial charge is 0.489 e. The second-order valence-corrected chi connectivity index (χ2v) is 3.93. The fourth-order valence-corrected chi connectivity index (χ4v) is 1.56. The summed E-state index contributed by atoms with van der Waals surface area (Å²) in [6.07, 6.45) is 4.22. The maximum absolute atomic E-state index is 12.3. The number of ether oxygens (including phenoxy) is 1. The van der Waals surface area contributed by atoms with Gasteiger partial charge >= 0.3 is 6.18 Å². The highest BCUT2D eigenvalue weighted by atomic mass is 19.4. The van der Waals surface area contributed by atoms with Crippen LogP contribution in [0.1, 0.15) is 17.5 Å². The van der Waals surface area contributed by atoms with Gasteiger partial charge in [0, 0.05) is 0 Å². The molecule has 1 aliphatic rings. The summed E-state index contributed by atoms with van der Waals surface area (Å²) in [6.45, 7) is 0.266. The van der Waals surface area contributed by atoms with Gasteiger partial charge in [0.1, 0.15) is 12.4 Å². The highest BCUT2D eigenvalue weighted by Crippen LogP contribution is 2.29. The van der Waals surface area contributed by atoms with Crippen molar-refractivity contribution in [2.45, 2.75) is 19.2 Å². The summed E-state index contributed by atoms with van der Waals surface area (Å²) in [5.74, 6) is 0.723. The van der Waals surface area contributed by atoms with Crippen molar-refractivity contribution in [1.82, 2.24) is 0 Å². The lowest BCUT2D eigenvalue weighted by atomic mass is 10.1. The number of rotatable bonds is 3. The SMILES string of the molecule is FC(F)(F)c1ccc(COC2=C[CH]CC=C2)cc1. The van der Waals surface area contributed by atoms with Gasteiger partial charge in [0.2, 0.25) is 0 Å². The Labute approximate surface area is 104 Å². The fraction of sp³-hybridized carbons (Fsp3) is 0.214. The van der Waals surface area contributed by atoms with Crippen molar-refractivity contribution in [2.75, 3.05) is 0 Å². The molecule has 95 valence electrons. The first-order chi connectivity index (χ1) is 8.55. The average Bonchev–Trinajstić information content (AvgIpc) is 2.37. The molecule has 0 N–H and O–H groups in total. The lowest BCUT2D eigenvalue weighted by molar-refractivity contribution is -0.137. The van der Waals surface area contributed by atoms with E-state index in [4.69, 9.17) is 4.74 Å². The summed E-state index contributed by atoms with van der Waals surface area (Å²) in [4.78, 5) is 0. The van der Waals surface area contributed by atoms with E-state index in [-0.39, 0.29) is 6.61 Å². The van der Waals surface area contributed by atoms with Gasteiger partial charge in [-0.25, -0.2) is 0 Å². The van der Waals surface area contributed by atoms with E-state index in [0.29, 0.717) is 5.56 Å². The molecule has 0 saturated carbocycles. The number of alkyl halides is 3. The van der Waals surface area contributed by atoms with Crippen molar-refractivity contribution in [3.8, 4) is 0 Å². The zero-order valence-corrected chi connectivity index (χ0v) is 9.58. The molecule has 0 fully saturated rings. The summed E-state index contributed by atoms with van der Waals surface area (Å²) in [5.41, 5.74) is 0.0687. The normalized spacial score (nSPS) is 15.4.